The van der Waals surface area contributed by atoms with Gasteiger partial charge in [-0.15, -0.1) is 0 Å². The molecule has 3 heteroatoms. The summed E-state index contributed by atoms with van der Waals surface area (Å²) in [5.74, 6) is 0.647. The summed E-state index contributed by atoms with van der Waals surface area (Å²) in [5.41, 5.74) is 1.47. The minimum absolute atomic E-state index is 0.00301. The van der Waals surface area contributed by atoms with Crippen LogP contribution in [-0.2, 0) is 0 Å². The van der Waals surface area contributed by atoms with Crippen molar-refractivity contribution in [2.45, 2.75) is 18.8 Å². The molecule has 0 aromatic heterocycles. The molecule has 1 saturated carbocycles. The van der Waals surface area contributed by atoms with Crippen LogP contribution < -0.4 is 0 Å². The van der Waals surface area contributed by atoms with E-state index < -0.39 is 0 Å². The number of phenols is 1. The standard InChI is InChI=1S/C13H10N2O/c14-7-9(8-15)6-11-2-1-3-12(13(11)16)10-4-5-10/h1-3,6,10,16H,4-5H2. The van der Waals surface area contributed by atoms with Crippen LogP contribution in [0.1, 0.15) is 29.9 Å². The Bertz CT molecular complexity index is 512. The van der Waals surface area contributed by atoms with Crippen molar-refractivity contribution in [1.29, 1.82) is 10.5 Å². The van der Waals surface area contributed by atoms with E-state index in [1.54, 1.807) is 18.2 Å². The van der Waals surface area contributed by atoms with Crippen LogP contribution in [0.3, 0.4) is 0 Å². The van der Waals surface area contributed by atoms with Crippen molar-refractivity contribution in [3.05, 3.63) is 34.9 Å². The molecule has 3 nitrogen and oxygen atoms in total. The van der Waals surface area contributed by atoms with E-state index in [0.717, 1.165) is 18.4 Å². The Kier molecular flexibility index (Phi) is 2.62. The summed E-state index contributed by atoms with van der Waals surface area (Å²) in [4.78, 5) is 0. The quantitative estimate of drug-likeness (QED) is 0.763. The number of hydrogen-bond donors (Lipinski definition) is 1. The Balaban J connectivity index is 2.43. The average Bonchev–Trinajstić information content (AvgIpc) is 3.12. The van der Waals surface area contributed by atoms with Crippen LogP contribution in [0.15, 0.2) is 23.8 Å². The second kappa shape index (κ2) is 4.08. The number of para-hydroxylation sites is 1. The van der Waals surface area contributed by atoms with Gasteiger partial charge >= 0.3 is 0 Å². The molecule has 1 aliphatic carbocycles. The molecule has 0 amide bonds. The highest BCUT2D eigenvalue weighted by molar-refractivity contribution is 5.67. The fourth-order valence-corrected chi connectivity index (χ4v) is 1.67. The molecule has 0 bridgehead atoms. The first-order valence-electron chi connectivity index (χ1n) is 5.10. The van der Waals surface area contributed by atoms with Crippen molar-refractivity contribution >= 4 is 6.08 Å². The summed E-state index contributed by atoms with van der Waals surface area (Å²) >= 11 is 0. The van der Waals surface area contributed by atoms with Crippen molar-refractivity contribution in [2.24, 2.45) is 0 Å². The first-order valence-corrected chi connectivity index (χ1v) is 5.10. The summed E-state index contributed by atoms with van der Waals surface area (Å²) in [7, 11) is 0. The maximum absolute atomic E-state index is 9.98. The number of phenolic OH excluding ortho intramolecular Hbond substituents is 1. The Morgan fingerprint density at radius 1 is 1.31 bits per heavy atom. The van der Waals surface area contributed by atoms with E-state index in [1.807, 2.05) is 12.1 Å². The summed E-state index contributed by atoms with van der Waals surface area (Å²) in [6.07, 6.45) is 3.62. The third kappa shape index (κ3) is 1.89. The molecule has 0 aliphatic heterocycles. The van der Waals surface area contributed by atoms with Crippen molar-refractivity contribution in [3.63, 3.8) is 0 Å². The molecule has 0 spiro atoms. The molecule has 0 radical (unpaired) electrons. The van der Waals surface area contributed by atoms with Crippen LogP contribution in [0.4, 0.5) is 0 Å². The number of allylic oxidation sites excluding steroid dienone is 1. The van der Waals surface area contributed by atoms with Gasteiger partial charge in [0.25, 0.3) is 0 Å². The number of nitrogens with zero attached hydrogens (tertiary/aromatic N) is 2. The minimum atomic E-state index is 0.00301. The zero-order chi connectivity index (χ0) is 11.5. The first-order chi connectivity index (χ1) is 7.76. The zero-order valence-electron chi connectivity index (χ0n) is 8.64. The van der Waals surface area contributed by atoms with E-state index in [9.17, 15) is 5.11 Å². The predicted octanol–water partition coefficient (Wildman–Crippen LogP) is 2.70. The number of benzene rings is 1. The summed E-state index contributed by atoms with van der Waals surface area (Å²) in [6.45, 7) is 0. The number of aromatic hydroxyl groups is 1. The maximum atomic E-state index is 9.98. The van der Waals surface area contributed by atoms with Gasteiger partial charge < -0.3 is 5.11 Å². The van der Waals surface area contributed by atoms with Gasteiger partial charge in [0.15, 0.2) is 0 Å². The SMILES string of the molecule is N#CC(C#N)=Cc1cccc(C2CC2)c1O. The number of hydrogen-bond acceptors (Lipinski definition) is 3. The van der Waals surface area contributed by atoms with Gasteiger partial charge in [-0.3, -0.25) is 0 Å². The van der Waals surface area contributed by atoms with Crippen molar-refractivity contribution < 1.29 is 5.11 Å². The molecule has 1 N–H and O–H groups in total. The van der Waals surface area contributed by atoms with Gasteiger partial charge in [-0.25, -0.2) is 0 Å². The minimum Gasteiger partial charge on any atom is -0.507 e. The summed E-state index contributed by atoms with van der Waals surface area (Å²) in [5, 5.41) is 27.3. The van der Waals surface area contributed by atoms with Gasteiger partial charge in [0.1, 0.15) is 23.5 Å². The van der Waals surface area contributed by atoms with E-state index in [4.69, 9.17) is 10.5 Å². The smallest absolute Gasteiger partial charge is 0.130 e. The molecule has 0 unspecified atom stereocenters. The van der Waals surface area contributed by atoms with Gasteiger partial charge in [-0.2, -0.15) is 10.5 Å². The molecule has 0 saturated heterocycles. The number of rotatable bonds is 2. The van der Waals surface area contributed by atoms with E-state index in [0.29, 0.717) is 11.5 Å². The van der Waals surface area contributed by atoms with Crippen molar-refractivity contribution in [2.75, 3.05) is 0 Å². The number of nitriles is 2. The Morgan fingerprint density at radius 3 is 2.56 bits per heavy atom. The predicted molar refractivity (Wildman–Crippen MR) is 59.3 cm³/mol. The summed E-state index contributed by atoms with van der Waals surface area (Å²) in [6, 6.07) is 9.00. The third-order valence-electron chi connectivity index (χ3n) is 2.66. The lowest BCUT2D eigenvalue weighted by molar-refractivity contribution is 0.467. The van der Waals surface area contributed by atoms with Gasteiger partial charge in [-0.05, 0) is 30.4 Å². The first kappa shape index (κ1) is 10.3. The van der Waals surface area contributed by atoms with E-state index >= 15 is 0 Å². The Labute approximate surface area is 93.9 Å². The van der Waals surface area contributed by atoms with Crippen LogP contribution in [0.2, 0.25) is 0 Å². The Hall–Kier alpha value is -2.26. The second-order valence-corrected chi connectivity index (χ2v) is 3.84. The van der Waals surface area contributed by atoms with E-state index in [-0.39, 0.29) is 11.3 Å². The normalized spacial score (nSPS) is 13.6. The highest BCUT2D eigenvalue weighted by atomic mass is 16.3. The van der Waals surface area contributed by atoms with E-state index in [2.05, 4.69) is 0 Å². The molecule has 0 heterocycles. The van der Waals surface area contributed by atoms with Crippen molar-refractivity contribution in [1.82, 2.24) is 0 Å². The zero-order valence-corrected chi connectivity index (χ0v) is 8.64. The van der Waals surface area contributed by atoms with Crippen LogP contribution >= 0.6 is 0 Å². The molecular formula is C13H10N2O. The largest absolute Gasteiger partial charge is 0.507 e. The molecule has 1 fully saturated rings. The highest BCUT2D eigenvalue weighted by Gasteiger charge is 2.26. The lowest BCUT2D eigenvalue weighted by atomic mass is 10.0. The van der Waals surface area contributed by atoms with E-state index in [1.165, 1.54) is 6.08 Å². The molecule has 1 aromatic carbocycles. The second-order valence-electron chi connectivity index (χ2n) is 3.84. The molecule has 2 rings (SSSR count). The lowest BCUT2D eigenvalue weighted by Crippen LogP contribution is -1.85. The topological polar surface area (TPSA) is 67.8 Å². The molecule has 0 atom stereocenters. The molecule has 16 heavy (non-hydrogen) atoms. The highest BCUT2D eigenvalue weighted by Crippen LogP contribution is 2.45. The molecule has 1 aromatic rings. The van der Waals surface area contributed by atoms with Crippen LogP contribution in [0.25, 0.3) is 6.08 Å². The lowest BCUT2D eigenvalue weighted by Gasteiger charge is -2.05. The Morgan fingerprint density at radius 2 is 2.00 bits per heavy atom. The van der Waals surface area contributed by atoms with Gasteiger partial charge in [0.05, 0.1) is 0 Å². The fraction of sp³-hybridized carbons (Fsp3) is 0.231. The van der Waals surface area contributed by atoms with Gasteiger partial charge in [-0.1, -0.05) is 18.2 Å². The van der Waals surface area contributed by atoms with Crippen molar-refractivity contribution in [3.8, 4) is 17.9 Å². The molecule has 78 valence electrons. The fourth-order valence-electron chi connectivity index (χ4n) is 1.67. The summed E-state index contributed by atoms with van der Waals surface area (Å²) < 4.78 is 0. The van der Waals surface area contributed by atoms with Gasteiger partial charge in [0, 0.05) is 5.56 Å². The molecule has 1 aliphatic rings. The maximum Gasteiger partial charge on any atom is 0.130 e. The monoisotopic (exact) mass is 210 g/mol. The van der Waals surface area contributed by atoms with Gasteiger partial charge in [0.2, 0.25) is 0 Å². The average molecular weight is 210 g/mol. The van der Waals surface area contributed by atoms with Crippen LogP contribution in [-0.4, -0.2) is 5.11 Å². The molecular weight excluding hydrogens is 200 g/mol. The third-order valence-corrected chi connectivity index (χ3v) is 2.66. The van der Waals surface area contributed by atoms with Crippen LogP contribution in [0.5, 0.6) is 5.75 Å². The van der Waals surface area contributed by atoms with Crippen LogP contribution in [0, 0.1) is 22.7 Å².